The number of halogens is 2. The zero-order valence-electron chi connectivity index (χ0n) is 15.9. The largest absolute Gasteiger partial charge is 0.354 e. The van der Waals surface area contributed by atoms with E-state index in [4.69, 9.17) is 23.2 Å². The molecule has 1 amide bonds. The van der Waals surface area contributed by atoms with Crippen molar-refractivity contribution in [3.63, 3.8) is 0 Å². The molecule has 0 saturated heterocycles. The number of nitrogens with one attached hydrogen (secondary N) is 1. The van der Waals surface area contributed by atoms with Crippen molar-refractivity contribution in [2.24, 2.45) is 0 Å². The number of carbonyl (C=O) groups excluding carboxylic acids is 1. The molecule has 2 unspecified atom stereocenters. The highest BCUT2D eigenvalue weighted by Crippen LogP contribution is 2.33. The van der Waals surface area contributed by atoms with E-state index < -0.39 is 0 Å². The number of carbonyl (C=O) groups is 1. The number of amides is 1. The SMILES string of the molecule is Cc1ccnn1CC(=O)NCC(c1ccc(Cl)cc1)C(C)c1ccc(Cl)cc1. The Morgan fingerprint density at radius 2 is 1.57 bits per heavy atom. The molecule has 6 heteroatoms. The van der Waals surface area contributed by atoms with Crippen LogP contribution >= 0.6 is 23.2 Å². The Hall–Kier alpha value is -2.30. The first-order valence-corrected chi connectivity index (χ1v) is 9.95. The standard InChI is InChI=1S/C22H23Cl2N3O/c1-15-11-12-26-27(15)14-22(28)25-13-21(18-5-9-20(24)10-6-18)16(2)17-3-7-19(23)8-4-17/h3-12,16,21H,13-14H2,1-2H3,(H,25,28). The van der Waals surface area contributed by atoms with E-state index in [0.29, 0.717) is 16.6 Å². The smallest absolute Gasteiger partial charge is 0.241 e. The zero-order valence-corrected chi connectivity index (χ0v) is 17.4. The predicted molar refractivity (Wildman–Crippen MR) is 114 cm³/mol. The molecule has 0 aliphatic rings. The minimum Gasteiger partial charge on any atom is -0.354 e. The van der Waals surface area contributed by atoms with E-state index in [1.54, 1.807) is 10.9 Å². The van der Waals surface area contributed by atoms with Crippen molar-refractivity contribution in [3.8, 4) is 0 Å². The third-order valence-electron chi connectivity index (χ3n) is 5.04. The molecule has 0 fully saturated rings. The molecule has 0 spiro atoms. The first-order chi connectivity index (χ1) is 13.4. The quantitative estimate of drug-likeness (QED) is 0.575. The summed E-state index contributed by atoms with van der Waals surface area (Å²) in [4.78, 5) is 12.4. The number of rotatable bonds is 7. The highest BCUT2D eigenvalue weighted by atomic mass is 35.5. The monoisotopic (exact) mass is 415 g/mol. The van der Waals surface area contributed by atoms with Crippen molar-refractivity contribution >= 4 is 29.1 Å². The second kappa shape index (κ2) is 9.26. The van der Waals surface area contributed by atoms with Crippen molar-refractivity contribution in [2.45, 2.75) is 32.2 Å². The second-order valence-corrected chi connectivity index (χ2v) is 7.81. The van der Waals surface area contributed by atoms with Gasteiger partial charge in [-0.05, 0) is 54.3 Å². The molecule has 0 bridgehead atoms. The minimum atomic E-state index is -0.0610. The summed E-state index contributed by atoms with van der Waals surface area (Å²) in [7, 11) is 0. The van der Waals surface area contributed by atoms with Crippen molar-refractivity contribution in [1.82, 2.24) is 15.1 Å². The zero-order chi connectivity index (χ0) is 20.1. The van der Waals surface area contributed by atoms with Crippen molar-refractivity contribution in [1.29, 1.82) is 0 Å². The van der Waals surface area contributed by atoms with Gasteiger partial charge in [0.25, 0.3) is 0 Å². The maximum absolute atomic E-state index is 12.4. The van der Waals surface area contributed by atoms with Crippen LogP contribution in [-0.4, -0.2) is 22.2 Å². The molecule has 3 aromatic rings. The lowest BCUT2D eigenvalue weighted by molar-refractivity contribution is -0.121. The highest BCUT2D eigenvalue weighted by Gasteiger charge is 2.22. The fourth-order valence-corrected chi connectivity index (χ4v) is 3.52. The molecule has 0 saturated carbocycles. The average molecular weight is 416 g/mol. The van der Waals surface area contributed by atoms with Crippen molar-refractivity contribution in [2.75, 3.05) is 6.54 Å². The van der Waals surface area contributed by atoms with Gasteiger partial charge in [0.1, 0.15) is 6.54 Å². The maximum atomic E-state index is 12.4. The van der Waals surface area contributed by atoms with E-state index in [2.05, 4.69) is 17.3 Å². The average Bonchev–Trinajstić information content (AvgIpc) is 3.08. The van der Waals surface area contributed by atoms with Crippen LogP contribution in [0.15, 0.2) is 60.8 Å². The van der Waals surface area contributed by atoms with Crippen LogP contribution in [0.5, 0.6) is 0 Å². The van der Waals surface area contributed by atoms with E-state index >= 15 is 0 Å². The maximum Gasteiger partial charge on any atom is 0.241 e. The molecule has 0 aliphatic heterocycles. The van der Waals surface area contributed by atoms with Gasteiger partial charge < -0.3 is 5.32 Å². The third kappa shape index (κ3) is 5.15. The van der Waals surface area contributed by atoms with Gasteiger partial charge in [0.05, 0.1) is 0 Å². The fourth-order valence-electron chi connectivity index (χ4n) is 3.27. The molecule has 1 N–H and O–H groups in total. The lowest BCUT2D eigenvalue weighted by Gasteiger charge is -2.25. The first kappa shape index (κ1) is 20.4. The summed E-state index contributed by atoms with van der Waals surface area (Å²) in [5.74, 6) is 0.223. The Morgan fingerprint density at radius 1 is 1.00 bits per heavy atom. The predicted octanol–water partition coefficient (Wildman–Crippen LogP) is 5.20. The van der Waals surface area contributed by atoms with Crippen LogP contribution in [0.1, 0.15) is 35.6 Å². The van der Waals surface area contributed by atoms with Gasteiger partial charge in [-0.3, -0.25) is 9.48 Å². The van der Waals surface area contributed by atoms with Crippen LogP contribution in [0.25, 0.3) is 0 Å². The lowest BCUT2D eigenvalue weighted by atomic mass is 9.82. The molecule has 0 radical (unpaired) electrons. The van der Waals surface area contributed by atoms with E-state index in [0.717, 1.165) is 11.3 Å². The minimum absolute atomic E-state index is 0.0610. The Morgan fingerprint density at radius 3 is 2.11 bits per heavy atom. The number of aromatic nitrogens is 2. The third-order valence-corrected chi connectivity index (χ3v) is 5.54. The number of aryl methyl sites for hydroxylation is 1. The highest BCUT2D eigenvalue weighted by molar-refractivity contribution is 6.30. The summed E-state index contributed by atoms with van der Waals surface area (Å²) in [5, 5.41) is 8.64. The van der Waals surface area contributed by atoms with Gasteiger partial charge in [-0.2, -0.15) is 5.10 Å². The van der Waals surface area contributed by atoms with Crippen LogP contribution < -0.4 is 5.32 Å². The summed E-state index contributed by atoms with van der Waals surface area (Å²) in [6.07, 6.45) is 1.70. The summed E-state index contributed by atoms with van der Waals surface area (Å²) in [6.45, 7) is 4.82. The van der Waals surface area contributed by atoms with Crippen LogP contribution in [0.2, 0.25) is 10.0 Å². The van der Waals surface area contributed by atoms with Gasteiger partial charge in [0, 0.05) is 34.4 Å². The normalized spacial score (nSPS) is 13.1. The lowest BCUT2D eigenvalue weighted by Crippen LogP contribution is -2.33. The van der Waals surface area contributed by atoms with Crippen molar-refractivity contribution in [3.05, 3.63) is 87.7 Å². The summed E-state index contributed by atoms with van der Waals surface area (Å²) >= 11 is 12.1. The van der Waals surface area contributed by atoms with Gasteiger partial charge in [0.15, 0.2) is 0 Å². The molecule has 1 heterocycles. The molecular weight excluding hydrogens is 393 g/mol. The summed E-state index contributed by atoms with van der Waals surface area (Å²) < 4.78 is 1.69. The van der Waals surface area contributed by atoms with E-state index in [9.17, 15) is 4.79 Å². The van der Waals surface area contributed by atoms with Gasteiger partial charge in [-0.25, -0.2) is 0 Å². The molecule has 1 aromatic heterocycles. The van der Waals surface area contributed by atoms with Crippen LogP contribution in [0.4, 0.5) is 0 Å². The Bertz CT molecular complexity index is 920. The topological polar surface area (TPSA) is 46.9 Å². The molecule has 28 heavy (non-hydrogen) atoms. The number of nitrogens with zero attached hydrogens (tertiary/aromatic N) is 2. The number of hydrogen-bond donors (Lipinski definition) is 1. The molecular formula is C22H23Cl2N3O. The molecule has 2 atom stereocenters. The molecule has 3 rings (SSSR count). The molecule has 2 aromatic carbocycles. The first-order valence-electron chi connectivity index (χ1n) is 9.20. The van der Waals surface area contributed by atoms with Gasteiger partial charge >= 0.3 is 0 Å². The molecule has 0 aliphatic carbocycles. The Balaban J connectivity index is 1.76. The van der Waals surface area contributed by atoms with Gasteiger partial charge in [0.2, 0.25) is 5.91 Å². The van der Waals surface area contributed by atoms with Gasteiger partial charge in [-0.15, -0.1) is 0 Å². The van der Waals surface area contributed by atoms with E-state index in [1.807, 2.05) is 61.5 Å². The van der Waals surface area contributed by atoms with Crippen LogP contribution in [0, 0.1) is 6.92 Å². The van der Waals surface area contributed by atoms with E-state index in [1.165, 1.54) is 5.56 Å². The molecule has 4 nitrogen and oxygen atoms in total. The van der Waals surface area contributed by atoms with Gasteiger partial charge in [-0.1, -0.05) is 54.4 Å². The second-order valence-electron chi connectivity index (χ2n) is 6.93. The number of benzene rings is 2. The van der Waals surface area contributed by atoms with Crippen molar-refractivity contribution < 1.29 is 4.79 Å². The Kier molecular flexibility index (Phi) is 6.76. The van der Waals surface area contributed by atoms with Crippen LogP contribution in [-0.2, 0) is 11.3 Å². The summed E-state index contributed by atoms with van der Waals surface area (Å²) in [5.41, 5.74) is 3.25. The number of hydrogen-bond acceptors (Lipinski definition) is 2. The Labute approximate surface area is 175 Å². The summed E-state index contributed by atoms with van der Waals surface area (Å²) in [6, 6.07) is 17.5. The molecule has 146 valence electrons. The van der Waals surface area contributed by atoms with Crippen LogP contribution in [0.3, 0.4) is 0 Å². The fraction of sp³-hybridized carbons (Fsp3) is 0.273. The van der Waals surface area contributed by atoms with E-state index in [-0.39, 0.29) is 24.3 Å².